The van der Waals surface area contributed by atoms with Gasteiger partial charge in [0.15, 0.2) is 0 Å². The van der Waals surface area contributed by atoms with Crippen LogP contribution < -0.4 is 20.1 Å². The summed E-state index contributed by atoms with van der Waals surface area (Å²) in [6, 6.07) is 16.2. The molecule has 2 N–H and O–H groups in total. The lowest BCUT2D eigenvalue weighted by molar-refractivity contribution is 0.100. The Labute approximate surface area is 201 Å². The fraction of sp³-hybridized carbons (Fsp3) is 0.167. The highest BCUT2D eigenvalue weighted by Gasteiger charge is 2.22. The van der Waals surface area contributed by atoms with Crippen molar-refractivity contribution < 1.29 is 14.3 Å². The molecule has 1 amide bonds. The molecular formula is C24H23ClN6O3. The monoisotopic (exact) mass is 478 g/mol. The number of hydrogen-bond donors (Lipinski definition) is 1. The zero-order valence-electron chi connectivity index (χ0n) is 18.7. The van der Waals surface area contributed by atoms with Crippen LogP contribution >= 0.6 is 11.6 Å². The van der Waals surface area contributed by atoms with Gasteiger partial charge in [-0.25, -0.2) is 9.67 Å². The highest BCUT2D eigenvalue weighted by Crippen LogP contribution is 2.37. The molecule has 0 fully saturated rings. The lowest BCUT2D eigenvalue weighted by Crippen LogP contribution is -2.23. The summed E-state index contributed by atoms with van der Waals surface area (Å²) in [5.74, 6) is 0.956. The van der Waals surface area contributed by atoms with Crippen molar-refractivity contribution in [3.63, 3.8) is 0 Å². The minimum Gasteiger partial charge on any atom is -0.497 e. The molecule has 0 saturated carbocycles. The van der Waals surface area contributed by atoms with E-state index in [0.29, 0.717) is 40.3 Å². The number of carbonyl (C=O) groups excluding carboxylic acids is 1. The van der Waals surface area contributed by atoms with Crippen LogP contribution in [-0.2, 0) is 13.1 Å². The molecule has 4 rings (SSSR count). The minimum absolute atomic E-state index is 0.264. The molecule has 0 bridgehead atoms. The van der Waals surface area contributed by atoms with Crippen molar-refractivity contribution in [1.82, 2.24) is 20.0 Å². The second-order valence-corrected chi connectivity index (χ2v) is 7.83. The fourth-order valence-electron chi connectivity index (χ4n) is 3.51. The number of methoxy groups -OCH3 is 2. The number of carbonyl (C=O) groups is 1. The number of hydrogen-bond acceptors (Lipinski definition) is 7. The number of halogens is 1. The van der Waals surface area contributed by atoms with Crippen molar-refractivity contribution in [3.05, 3.63) is 88.8 Å². The fourth-order valence-corrected chi connectivity index (χ4v) is 3.64. The normalized spacial score (nSPS) is 10.7. The van der Waals surface area contributed by atoms with Gasteiger partial charge in [0, 0.05) is 17.3 Å². The van der Waals surface area contributed by atoms with E-state index in [1.807, 2.05) is 41.4 Å². The molecule has 34 heavy (non-hydrogen) atoms. The summed E-state index contributed by atoms with van der Waals surface area (Å²) in [6.45, 7) is 0.798. The Morgan fingerprint density at radius 1 is 1.12 bits per heavy atom. The molecule has 2 heterocycles. The number of aromatic nitrogens is 4. The van der Waals surface area contributed by atoms with Crippen LogP contribution in [-0.4, -0.2) is 40.1 Å². The Morgan fingerprint density at radius 2 is 1.91 bits per heavy atom. The second-order valence-electron chi connectivity index (χ2n) is 7.40. The number of pyridine rings is 1. The number of benzene rings is 2. The van der Waals surface area contributed by atoms with E-state index in [2.05, 4.69) is 15.3 Å². The summed E-state index contributed by atoms with van der Waals surface area (Å²) in [4.78, 5) is 18.4. The molecule has 0 atom stereocenters. The quantitative estimate of drug-likeness (QED) is 0.389. The molecule has 2 aromatic carbocycles. The average Bonchev–Trinajstić information content (AvgIpc) is 3.30. The third-order valence-corrected chi connectivity index (χ3v) is 5.40. The van der Waals surface area contributed by atoms with Gasteiger partial charge < -0.3 is 20.1 Å². The predicted octanol–water partition coefficient (Wildman–Crippen LogP) is 3.83. The zero-order valence-corrected chi connectivity index (χ0v) is 19.4. The highest BCUT2D eigenvalue weighted by molar-refractivity contribution is 6.30. The van der Waals surface area contributed by atoms with E-state index in [1.54, 1.807) is 49.4 Å². The molecule has 4 aromatic rings. The van der Waals surface area contributed by atoms with Crippen molar-refractivity contribution in [3.8, 4) is 11.5 Å². The summed E-state index contributed by atoms with van der Waals surface area (Å²) >= 11 is 5.97. The zero-order chi connectivity index (χ0) is 24.1. The molecule has 0 aliphatic heterocycles. The molecule has 0 aliphatic rings. The third kappa shape index (κ3) is 5.10. The highest BCUT2D eigenvalue weighted by atomic mass is 35.5. The lowest BCUT2D eigenvalue weighted by Gasteiger charge is -2.26. The van der Waals surface area contributed by atoms with Crippen LogP contribution in [0.1, 0.15) is 21.6 Å². The van der Waals surface area contributed by atoms with Crippen molar-refractivity contribution >= 4 is 29.0 Å². The maximum atomic E-state index is 12.2. The smallest absolute Gasteiger partial charge is 0.252 e. The molecule has 0 aliphatic carbocycles. The van der Waals surface area contributed by atoms with E-state index in [-0.39, 0.29) is 12.1 Å². The first-order chi connectivity index (χ1) is 16.5. The predicted molar refractivity (Wildman–Crippen MR) is 129 cm³/mol. The maximum absolute atomic E-state index is 12.2. The first-order valence-corrected chi connectivity index (χ1v) is 10.7. The summed E-state index contributed by atoms with van der Waals surface area (Å²) in [7, 11) is 3.14. The van der Waals surface area contributed by atoms with Crippen molar-refractivity contribution in [2.75, 3.05) is 19.1 Å². The van der Waals surface area contributed by atoms with Gasteiger partial charge in [-0.05, 0) is 42.0 Å². The molecule has 0 radical (unpaired) electrons. The van der Waals surface area contributed by atoms with Gasteiger partial charge in [0.2, 0.25) is 0 Å². The molecule has 174 valence electrons. The summed E-state index contributed by atoms with van der Waals surface area (Å²) in [5, 5.41) is 9.24. The number of nitrogens with two attached hydrogens (primary N) is 1. The van der Waals surface area contributed by atoms with Gasteiger partial charge in [0.25, 0.3) is 5.91 Å². The Balaban J connectivity index is 1.71. The van der Waals surface area contributed by atoms with Gasteiger partial charge in [-0.1, -0.05) is 28.9 Å². The summed E-state index contributed by atoms with van der Waals surface area (Å²) in [5.41, 5.74) is 8.28. The summed E-state index contributed by atoms with van der Waals surface area (Å²) < 4.78 is 12.7. The topological polar surface area (TPSA) is 108 Å². The van der Waals surface area contributed by atoms with Crippen LogP contribution in [0.4, 0.5) is 11.5 Å². The number of anilines is 2. The SMILES string of the molecule is COc1ccc(N(Cc2cn(Cc3ccc(Cl)cc3)nn2)c2ncccc2C(N)=O)c(OC)c1. The second kappa shape index (κ2) is 10.2. The molecule has 2 aromatic heterocycles. The standard InChI is InChI=1S/C24H23ClN6O3/c1-33-19-9-10-21(22(12-19)34-2)31(24-20(23(26)32)4-3-11-27-24)15-18-14-30(29-28-18)13-16-5-7-17(25)8-6-16/h3-12,14H,13,15H2,1-2H3,(H2,26,32). The van der Waals surface area contributed by atoms with Crippen molar-refractivity contribution in [1.29, 1.82) is 0 Å². The van der Waals surface area contributed by atoms with E-state index in [0.717, 1.165) is 5.56 Å². The van der Waals surface area contributed by atoms with E-state index < -0.39 is 5.91 Å². The number of nitrogens with zero attached hydrogens (tertiary/aromatic N) is 5. The minimum atomic E-state index is -0.591. The molecule has 0 unspecified atom stereocenters. The molecule has 0 saturated heterocycles. The molecule has 10 heteroatoms. The number of rotatable bonds is 9. The van der Waals surface area contributed by atoms with Crippen LogP contribution in [0.3, 0.4) is 0 Å². The molecule has 9 nitrogen and oxygen atoms in total. The van der Waals surface area contributed by atoms with Gasteiger partial charge in [-0.3, -0.25) is 4.79 Å². The third-order valence-electron chi connectivity index (χ3n) is 5.15. The van der Waals surface area contributed by atoms with Gasteiger partial charge in [-0.2, -0.15) is 0 Å². The summed E-state index contributed by atoms with van der Waals surface area (Å²) in [6.07, 6.45) is 3.44. The Bertz CT molecular complexity index is 1290. The maximum Gasteiger partial charge on any atom is 0.252 e. The first kappa shape index (κ1) is 23.1. The van der Waals surface area contributed by atoms with E-state index in [9.17, 15) is 4.79 Å². The van der Waals surface area contributed by atoms with E-state index >= 15 is 0 Å². The Morgan fingerprint density at radius 3 is 2.62 bits per heavy atom. The Hall–Kier alpha value is -4.11. The number of amides is 1. The molecule has 0 spiro atoms. The van der Waals surface area contributed by atoms with Gasteiger partial charge >= 0.3 is 0 Å². The van der Waals surface area contributed by atoms with E-state index in [1.165, 1.54) is 0 Å². The average molecular weight is 479 g/mol. The largest absolute Gasteiger partial charge is 0.497 e. The van der Waals surface area contributed by atoms with Gasteiger partial charge in [0.05, 0.1) is 44.8 Å². The van der Waals surface area contributed by atoms with Crippen LogP contribution in [0, 0.1) is 0 Å². The first-order valence-electron chi connectivity index (χ1n) is 10.4. The number of ether oxygens (including phenoxy) is 2. The Kier molecular flexibility index (Phi) is 6.93. The van der Waals surface area contributed by atoms with Crippen LogP contribution in [0.2, 0.25) is 5.02 Å². The lowest BCUT2D eigenvalue weighted by atomic mass is 10.2. The van der Waals surface area contributed by atoms with Crippen molar-refractivity contribution in [2.45, 2.75) is 13.1 Å². The van der Waals surface area contributed by atoms with Crippen LogP contribution in [0.15, 0.2) is 67.0 Å². The van der Waals surface area contributed by atoms with Crippen LogP contribution in [0.5, 0.6) is 11.5 Å². The molecular weight excluding hydrogens is 456 g/mol. The van der Waals surface area contributed by atoms with Gasteiger partial charge in [0.1, 0.15) is 23.0 Å². The van der Waals surface area contributed by atoms with Gasteiger partial charge in [-0.15, -0.1) is 5.10 Å². The van der Waals surface area contributed by atoms with Crippen LogP contribution in [0.25, 0.3) is 0 Å². The van der Waals surface area contributed by atoms with Crippen molar-refractivity contribution in [2.24, 2.45) is 5.73 Å². The van der Waals surface area contributed by atoms with E-state index in [4.69, 9.17) is 26.8 Å². The number of primary amides is 1.